The van der Waals surface area contributed by atoms with Crippen LogP contribution in [-0.2, 0) is 9.53 Å². The van der Waals surface area contributed by atoms with E-state index in [0.717, 1.165) is 0 Å². The summed E-state index contributed by atoms with van der Waals surface area (Å²) in [6.45, 7) is 18.2. The number of hydrogen-bond donors (Lipinski definition) is 5. The highest BCUT2D eigenvalue weighted by Gasteiger charge is 2.32. The lowest BCUT2D eigenvalue weighted by Crippen LogP contribution is -2.48. The summed E-state index contributed by atoms with van der Waals surface area (Å²) in [6, 6.07) is 31.9. The van der Waals surface area contributed by atoms with Crippen molar-refractivity contribution in [2.75, 3.05) is 31.5 Å². The van der Waals surface area contributed by atoms with Crippen LogP contribution < -0.4 is 31.5 Å². The molecular formula is C48H55Cl3N6O7. The van der Waals surface area contributed by atoms with Crippen LogP contribution in [0.2, 0.25) is 15.1 Å². The molecule has 0 saturated carbocycles. The van der Waals surface area contributed by atoms with Crippen molar-refractivity contribution in [3.8, 4) is 0 Å². The number of nitrogens with zero attached hydrogens (tertiary/aromatic N) is 2. The molecule has 0 atom stereocenters. The van der Waals surface area contributed by atoms with E-state index in [1.54, 1.807) is 120 Å². The normalized spacial score (nSPS) is 11.0. The SMILES string of the molecule is CC(=O)Nc1cc(N)cc(Cl)c1.CC(C)(C)N(C(=O)O)c1ccc(NC(=O)c2cccc(Cl)c2)cc1.CC(C)(C)OC(=O)N(c1ccc(NC(=O)c2ccc(Cl)cc2)cc1)C(C)(C)C. The largest absolute Gasteiger partial charge is 0.465 e. The maximum atomic E-state index is 12.7. The fraction of sp³-hybridized carbons (Fsp3) is 0.271. The summed E-state index contributed by atoms with van der Waals surface area (Å²) in [6.07, 6.45) is -1.45. The zero-order chi connectivity index (χ0) is 48.2. The number of nitrogen functional groups attached to an aromatic ring is 1. The number of hydrogen-bond acceptors (Lipinski definition) is 7. The predicted octanol–water partition coefficient (Wildman–Crippen LogP) is 12.9. The number of benzene rings is 5. The Kier molecular flexibility index (Phi) is 18.2. The van der Waals surface area contributed by atoms with E-state index in [9.17, 15) is 29.1 Å². The number of amides is 5. The van der Waals surface area contributed by atoms with Gasteiger partial charge in [0, 0.05) is 78.3 Å². The Morgan fingerprint density at radius 2 is 1.03 bits per heavy atom. The molecular weight excluding hydrogens is 879 g/mol. The van der Waals surface area contributed by atoms with Crippen molar-refractivity contribution in [3.63, 3.8) is 0 Å². The van der Waals surface area contributed by atoms with Gasteiger partial charge in [0.2, 0.25) is 5.91 Å². The van der Waals surface area contributed by atoms with Crippen molar-refractivity contribution in [3.05, 3.63) is 141 Å². The first-order valence-corrected chi connectivity index (χ1v) is 21.0. The minimum Gasteiger partial charge on any atom is -0.465 e. The maximum Gasteiger partial charge on any atom is 0.415 e. The molecule has 0 spiro atoms. The van der Waals surface area contributed by atoms with Gasteiger partial charge in [-0.2, -0.15) is 0 Å². The van der Waals surface area contributed by atoms with Gasteiger partial charge in [-0.3, -0.25) is 24.2 Å². The zero-order valence-electron chi connectivity index (χ0n) is 37.5. The Morgan fingerprint density at radius 1 is 0.547 bits per heavy atom. The number of anilines is 6. The predicted molar refractivity (Wildman–Crippen MR) is 261 cm³/mol. The van der Waals surface area contributed by atoms with E-state index in [1.807, 2.05) is 62.3 Å². The smallest absolute Gasteiger partial charge is 0.415 e. The number of carboxylic acid groups (broad SMARTS) is 1. The Labute approximate surface area is 389 Å². The van der Waals surface area contributed by atoms with Crippen LogP contribution in [0.4, 0.5) is 43.7 Å². The average Bonchev–Trinajstić information content (AvgIpc) is 3.14. The second-order valence-corrected chi connectivity index (χ2v) is 18.6. The molecule has 0 radical (unpaired) electrons. The molecule has 6 N–H and O–H groups in total. The van der Waals surface area contributed by atoms with Crippen LogP contribution in [0.5, 0.6) is 0 Å². The van der Waals surface area contributed by atoms with Crippen molar-refractivity contribution in [2.24, 2.45) is 0 Å². The summed E-state index contributed by atoms with van der Waals surface area (Å²) in [4.78, 5) is 62.2. The van der Waals surface area contributed by atoms with Crippen LogP contribution in [0, 0.1) is 0 Å². The van der Waals surface area contributed by atoms with E-state index in [4.69, 9.17) is 45.3 Å². The second kappa shape index (κ2) is 22.4. The Balaban J connectivity index is 0.000000274. The summed E-state index contributed by atoms with van der Waals surface area (Å²) in [5.41, 5.74) is 8.40. The molecule has 0 aromatic heterocycles. The monoisotopic (exact) mass is 932 g/mol. The first-order chi connectivity index (χ1) is 29.6. The van der Waals surface area contributed by atoms with Crippen LogP contribution in [0.25, 0.3) is 0 Å². The highest BCUT2D eigenvalue weighted by Crippen LogP contribution is 2.29. The van der Waals surface area contributed by atoms with Gasteiger partial charge in [0.25, 0.3) is 11.8 Å². The highest BCUT2D eigenvalue weighted by atomic mass is 35.5. The molecule has 0 unspecified atom stereocenters. The van der Waals surface area contributed by atoms with Gasteiger partial charge in [-0.25, -0.2) is 9.59 Å². The zero-order valence-corrected chi connectivity index (χ0v) is 39.7. The summed E-state index contributed by atoms with van der Waals surface area (Å²) in [5, 5.41) is 19.1. The number of ether oxygens (including phenoxy) is 1. The molecule has 0 heterocycles. The van der Waals surface area contributed by atoms with E-state index in [2.05, 4.69) is 16.0 Å². The fourth-order valence-electron chi connectivity index (χ4n) is 5.77. The average molecular weight is 934 g/mol. The van der Waals surface area contributed by atoms with Gasteiger partial charge in [-0.15, -0.1) is 0 Å². The van der Waals surface area contributed by atoms with Crippen LogP contribution in [-0.4, -0.2) is 51.7 Å². The Morgan fingerprint density at radius 3 is 1.45 bits per heavy atom. The van der Waals surface area contributed by atoms with Gasteiger partial charge in [-0.05, 0) is 172 Å². The lowest BCUT2D eigenvalue weighted by atomic mass is 10.1. The third-order valence-corrected chi connectivity index (χ3v) is 9.01. The number of nitrogens with one attached hydrogen (secondary N) is 3. The standard InChI is InChI=1S/C22H27ClN2O3.C18H19ClN2O3.C8H9ClN2O/c1-21(2,3)25(20(27)28-22(4,5)6)18-13-11-17(12-14-18)24-19(26)15-7-9-16(23)10-8-15;1-18(2,3)21(17(23)24)15-9-7-14(8-10-15)20-16(22)12-5-4-6-13(19)11-12;1-5(12)11-8-3-6(9)2-7(10)4-8/h7-14H,1-6H3,(H,24,26);4-11H,1-3H3,(H,20,22)(H,23,24);2-4H,10H2,1H3,(H,11,12). The molecule has 5 amide bonds. The number of nitrogens with two attached hydrogens (primary N) is 1. The molecule has 5 aromatic carbocycles. The number of carbonyl (C=O) groups excluding carboxylic acids is 4. The lowest BCUT2D eigenvalue weighted by molar-refractivity contribution is -0.114. The molecule has 5 rings (SSSR count). The Bertz CT molecular complexity index is 2390. The quantitative estimate of drug-likeness (QED) is 0.0999. The minimum absolute atomic E-state index is 0.142. The third kappa shape index (κ3) is 17.1. The van der Waals surface area contributed by atoms with Crippen LogP contribution in [0.3, 0.4) is 0 Å². The van der Waals surface area contributed by atoms with E-state index < -0.39 is 28.9 Å². The molecule has 0 fully saturated rings. The second-order valence-electron chi connectivity index (χ2n) is 17.2. The summed E-state index contributed by atoms with van der Waals surface area (Å²) in [7, 11) is 0. The first kappa shape index (κ1) is 52.1. The van der Waals surface area contributed by atoms with E-state index in [-0.39, 0.29) is 17.7 Å². The molecule has 0 aliphatic rings. The minimum atomic E-state index is -1.03. The van der Waals surface area contributed by atoms with Crippen LogP contribution >= 0.6 is 34.8 Å². The van der Waals surface area contributed by atoms with Gasteiger partial charge in [-0.1, -0.05) is 40.9 Å². The summed E-state index contributed by atoms with van der Waals surface area (Å²) < 4.78 is 5.55. The fourth-order valence-corrected chi connectivity index (χ4v) is 6.33. The molecule has 16 heteroatoms. The molecule has 340 valence electrons. The molecule has 0 aliphatic carbocycles. The van der Waals surface area contributed by atoms with Gasteiger partial charge >= 0.3 is 12.2 Å². The number of carbonyl (C=O) groups is 5. The van der Waals surface area contributed by atoms with Crippen molar-refractivity contribution < 1.29 is 33.8 Å². The van der Waals surface area contributed by atoms with Gasteiger partial charge in [0.05, 0.1) is 0 Å². The maximum absolute atomic E-state index is 12.7. The summed E-state index contributed by atoms with van der Waals surface area (Å²) in [5.74, 6) is -0.655. The van der Waals surface area contributed by atoms with Crippen LogP contribution in [0.15, 0.2) is 115 Å². The van der Waals surface area contributed by atoms with E-state index >= 15 is 0 Å². The van der Waals surface area contributed by atoms with E-state index in [0.29, 0.717) is 60.3 Å². The topological polar surface area (TPSA) is 183 Å². The number of halogens is 3. The molecule has 64 heavy (non-hydrogen) atoms. The first-order valence-electron chi connectivity index (χ1n) is 19.9. The van der Waals surface area contributed by atoms with Crippen molar-refractivity contribution in [1.82, 2.24) is 0 Å². The van der Waals surface area contributed by atoms with Gasteiger partial charge in [0.1, 0.15) is 5.60 Å². The number of rotatable bonds is 7. The lowest BCUT2D eigenvalue weighted by Gasteiger charge is -2.36. The Hall–Kier alpha value is -6.28. The highest BCUT2D eigenvalue weighted by molar-refractivity contribution is 6.31. The molecule has 0 bridgehead atoms. The van der Waals surface area contributed by atoms with Gasteiger partial charge in [0.15, 0.2) is 0 Å². The third-order valence-electron chi connectivity index (χ3n) is 8.31. The van der Waals surface area contributed by atoms with E-state index in [1.165, 1.54) is 11.8 Å². The summed E-state index contributed by atoms with van der Waals surface area (Å²) >= 11 is 17.4. The van der Waals surface area contributed by atoms with Crippen molar-refractivity contribution in [1.29, 1.82) is 0 Å². The molecule has 0 saturated heterocycles. The molecule has 13 nitrogen and oxygen atoms in total. The van der Waals surface area contributed by atoms with Crippen LogP contribution in [0.1, 0.15) is 90.0 Å². The molecule has 5 aromatic rings. The van der Waals surface area contributed by atoms with Crippen molar-refractivity contribution >= 4 is 98.8 Å². The van der Waals surface area contributed by atoms with Crippen molar-refractivity contribution in [2.45, 2.75) is 85.9 Å². The molecule has 0 aliphatic heterocycles. The van der Waals surface area contributed by atoms with Gasteiger partial charge < -0.3 is 31.5 Å².